The van der Waals surface area contributed by atoms with E-state index in [1.165, 1.54) is 5.56 Å². The molecule has 1 aliphatic rings. The largest absolute Gasteiger partial charge is 0.386 e. The highest BCUT2D eigenvalue weighted by atomic mass is 16.3. The van der Waals surface area contributed by atoms with Crippen LogP contribution in [0.15, 0.2) is 36.7 Å². The van der Waals surface area contributed by atoms with E-state index in [-0.39, 0.29) is 6.04 Å². The molecule has 94 valence electrons. The molecule has 2 aromatic rings. The third kappa shape index (κ3) is 1.66. The van der Waals surface area contributed by atoms with E-state index in [9.17, 15) is 5.11 Å². The Hall–Kier alpha value is -1.61. The zero-order valence-corrected chi connectivity index (χ0v) is 10.7. The first-order valence-corrected chi connectivity index (χ1v) is 6.45. The first kappa shape index (κ1) is 11.5. The Morgan fingerprint density at radius 1 is 1.28 bits per heavy atom. The van der Waals surface area contributed by atoms with E-state index in [4.69, 9.17) is 0 Å². The Bertz CT molecular complexity index is 561. The molecule has 0 saturated heterocycles. The van der Waals surface area contributed by atoms with E-state index in [2.05, 4.69) is 22.5 Å². The third-order valence-corrected chi connectivity index (χ3v) is 4.02. The summed E-state index contributed by atoms with van der Waals surface area (Å²) in [5.41, 5.74) is 2.34. The van der Waals surface area contributed by atoms with Crippen LogP contribution in [0.5, 0.6) is 0 Å². The quantitative estimate of drug-likeness (QED) is 0.834. The summed E-state index contributed by atoms with van der Waals surface area (Å²) in [7, 11) is 0. The van der Waals surface area contributed by atoms with Crippen LogP contribution in [0.2, 0.25) is 0 Å². The van der Waals surface area contributed by atoms with Crippen LogP contribution in [-0.2, 0) is 0 Å². The first-order valence-electron chi connectivity index (χ1n) is 6.45. The van der Waals surface area contributed by atoms with Crippen LogP contribution in [0.3, 0.4) is 0 Å². The van der Waals surface area contributed by atoms with Gasteiger partial charge in [-0.05, 0) is 30.4 Å². The Labute approximate surface area is 107 Å². The van der Waals surface area contributed by atoms with Gasteiger partial charge in [0.25, 0.3) is 0 Å². The molecule has 1 aromatic heterocycles. The Balaban J connectivity index is 2.05. The van der Waals surface area contributed by atoms with E-state index in [0.29, 0.717) is 5.92 Å². The summed E-state index contributed by atoms with van der Waals surface area (Å²) in [6, 6.07) is 8.30. The van der Waals surface area contributed by atoms with Crippen molar-refractivity contribution in [2.24, 2.45) is 0 Å². The Morgan fingerprint density at radius 3 is 2.67 bits per heavy atom. The number of imidazole rings is 1. The standard InChI is InChI=1S/C15H18N2O/c1-10-9-14(17-8-7-16-11(17)2)15(18)13-6-4-3-5-12(10)13/h3-8,10,14-15,18H,9H2,1-2H3. The van der Waals surface area contributed by atoms with Crippen molar-refractivity contribution in [3.05, 3.63) is 53.6 Å². The van der Waals surface area contributed by atoms with Gasteiger partial charge in [-0.1, -0.05) is 31.2 Å². The second-order valence-corrected chi connectivity index (χ2v) is 5.16. The number of aliphatic hydroxyl groups excluding tert-OH is 1. The molecule has 0 bridgehead atoms. The molecule has 1 aromatic carbocycles. The molecular weight excluding hydrogens is 224 g/mol. The van der Waals surface area contributed by atoms with Gasteiger partial charge in [0, 0.05) is 12.4 Å². The molecule has 3 heteroatoms. The number of aliphatic hydroxyl groups is 1. The normalized spacial score (nSPS) is 26.9. The molecule has 0 aliphatic heterocycles. The first-order chi connectivity index (χ1) is 8.68. The number of aryl methyl sites for hydroxylation is 1. The monoisotopic (exact) mass is 242 g/mol. The van der Waals surface area contributed by atoms with E-state index < -0.39 is 6.10 Å². The van der Waals surface area contributed by atoms with Gasteiger partial charge >= 0.3 is 0 Å². The summed E-state index contributed by atoms with van der Waals surface area (Å²) < 4.78 is 2.09. The molecule has 3 unspecified atom stereocenters. The van der Waals surface area contributed by atoms with Crippen LogP contribution in [0.25, 0.3) is 0 Å². The van der Waals surface area contributed by atoms with Crippen molar-refractivity contribution >= 4 is 0 Å². The van der Waals surface area contributed by atoms with Gasteiger partial charge in [0.2, 0.25) is 0 Å². The summed E-state index contributed by atoms with van der Waals surface area (Å²) in [4.78, 5) is 4.26. The van der Waals surface area contributed by atoms with E-state index in [0.717, 1.165) is 17.8 Å². The smallest absolute Gasteiger partial charge is 0.105 e. The van der Waals surface area contributed by atoms with Crippen molar-refractivity contribution in [1.82, 2.24) is 9.55 Å². The molecule has 1 heterocycles. The summed E-state index contributed by atoms with van der Waals surface area (Å²) in [6.45, 7) is 4.21. The molecule has 0 fully saturated rings. The van der Waals surface area contributed by atoms with Crippen molar-refractivity contribution in [2.75, 3.05) is 0 Å². The molecule has 18 heavy (non-hydrogen) atoms. The second kappa shape index (κ2) is 4.25. The number of benzene rings is 1. The molecule has 3 atom stereocenters. The molecule has 0 amide bonds. The topological polar surface area (TPSA) is 38.0 Å². The van der Waals surface area contributed by atoms with Gasteiger partial charge in [0.05, 0.1) is 12.1 Å². The second-order valence-electron chi connectivity index (χ2n) is 5.16. The summed E-state index contributed by atoms with van der Waals surface area (Å²) in [5, 5.41) is 10.6. The van der Waals surface area contributed by atoms with Gasteiger partial charge in [-0.2, -0.15) is 0 Å². The highest BCUT2D eigenvalue weighted by Gasteiger charge is 2.33. The minimum absolute atomic E-state index is 0.0948. The average Bonchev–Trinajstić information content (AvgIpc) is 2.80. The maximum absolute atomic E-state index is 10.6. The van der Waals surface area contributed by atoms with Gasteiger partial charge in [0.1, 0.15) is 5.82 Å². The number of rotatable bonds is 1. The fourth-order valence-corrected chi connectivity index (χ4v) is 3.06. The number of nitrogens with zero attached hydrogens (tertiary/aromatic N) is 2. The van der Waals surface area contributed by atoms with Crippen LogP contribution in [-0.4, -0.2) is 14.7 Å². The van der Waals surface area contributed by atoms with Gasteiger partial charge in [-0.3, -0.25) is 0 Å². The van der Waals surface area contributed by atoms with Gasteiger partial charge in [0.15, 0.2) is 0 Å². The number of hydrogen-bond acceptors (Lipinski definition) is 2. The van der Waals surface area contributed by atoms with Crippen LogP contribution >= 0.6 is 0 Å². The summed E-state index contributed by atoms with van der Waals surface area (Å²) in [5.74, 6) is 1.43. The van der Waals surface area contributed by atoms with Crippen molar-refractivity contribution < 1.29 is 5.11 Å². The third-order valence-electron chi connectivity index (χ3n) is 4.02. The van der Waals surface area contributed by atoms with Crippen molar-refractivity contribution in [2.45, 2.75) is 38.3 Å². The molecule has 0 spiro atoms. The van der Waals surface area contributed by atoms with Crippen molar-refractivity contribution in [1.29, 1.82) is 0 Å². The molecule has 3 nitrogen and oxygen atoms in total. The molecule has 3 rings (SSSR count). The molecule has 0 saturated carbocycles. The maximum Gasteiger partial charge on any atom is 0.105 e. The lowest BCUT2D eigenvalue weighted by atomic mass is 9.79. The molecular formula is C15H18N2O. The highest BCUT2D eigenvalue weighted by molar-refractivity contribution is 5.35. The number of hydrogen-bond donors (Lipinski definition) is 1. The zero-order valence-electron chi connectivity index (χ0n) is 10.7. The Morgan fingerprint density at radius 2 is 2.00 bits per heavy atom. The van der Waals surface area contributed by atoms with E-state index in [1.807, 2.05) is 31.3 Å². The van der Waals surface area contributed by atoms with Crippen molar-refractivity contribution in [3.8, 4) is 0 Å². The summed E-state index contributed by atoms with van der Waals surface area (Å²) in [6.07, 6.45) is 4.28. The fraction of sp³-hybridized carbons (Fsp3) is 0.400. The Kier molecular flexibility index (Phi) is 2.71. The lowest BCUT2D eigenvalue weighted by Gasteiger charge is -2.35. The van der Waals surface area contributed by atoms with Crippen LogP contribution in [0.4, 0.5) is 0 Å². The van der Waals surface area contributed by atoms with Crippen molar-refractivity contribution in [3.63, 3.8) is 0 Å². The summed E-state index contributed by atoms with van der Waals surface area (Å²) >= 11 is 0. The van der Waals surface area contributed by atoms with E-state index >= 15 is 0 Å². The van der Waals surface area contributed by atoms with Gasteiger partial charge in [-0.15, -0.1) is 0 Å². The maximum atomic E-state index is 10.6. The highest BCUT2D eigenvalue weighted by Crippen LogP contribution is 2.43. The lowest BCUT2D eigenvalue weighted by Crippen LogP contribution is -2.26. The molecule has 1 N–H and O–H groups in total. The predicted molar refractivity (Wildman–Crippen MR) is 70.4 cm³/mol. The fourth-order valence-electron chi connectivity index (χ4n) is 3.06. The predicted octanol–water partition coefficient (Wildman–Crippen LogP) is 2.97. The molecule has 1 aliphatic carbocycles. The van der Waals surface area contributed by atoms with Gasteiger partial charge in [-0.25, -0.2) is 4.98 Å². The minimum Gasteiger partial charge on any atom is -0.386 e. The number of fused-ring (bicyclic) bond motifs is 1. The number of aromatic nitrogens is 2. The van der Waals surface area contributed by atoms with E-state index in [1.54, 1.807) is 6.20 Å². The van der Waals surface area contributed by atoms with Gasteiger partial charge < -0.3 is 9.67 Å². The minimum atomic E-state index is -0.440. The SMILES string of the molecule is Cc1nccn1C1CC(C)c2ccccc2C1O. The zero-order chi connectivity index (χ0) is 12.7. The lowest BCUT2D eigenvalue weighted by molar-refractivity contribution is 0.0920. The average molecular weight is 242 g/mol. The van der Waals surface area contributed by atoms with Crippen LogP contribution < -0.4 is 0 Å². The molecule has 0 radical (unpaired) electrons. The van der Waals surface area contributed by atoms with Crippen LogP contribution in [0, 0.1) is 6.92 Å². The van der Waals surface area contributed by atoms with Crippen LogP contribution in [0.1, 0.15) is 48.4 Å².